The van der Waals surface area contributed by atoms with Gasteiger partial charge in [-0.25, -0.2) is 0 Å². The van der Waals surface area contributed by atoms with Crippen LogP contribution < -0.4 is 4.74 Å². The van der Waals surface area contributed by atoms with Gasteiger partial charge in [0.2, 0.25) is 0 Å². The fourth-order valence-corrected chi connectivity index (χ4v) is 3.03. The van der Waals surface area contributed by atoms with Crippen LogP contribution in [0, 0.1) is 16.0 Å². The van der Waals surface area contributed by atoms with E-state index in [0.717, 1.165) is 12.8 Å². The molecule has 1 saturated heterocycles. The van der Waals surface area contributed by atoms with Gasteiger partial charge in [0.15, 0.2) is 5.75 Å². The lowest BCUT2D eigenvalue weighted by molar-refractivity contribution is -0.385. The molecule has 1 heterocycles. The van der Waals surface area contributed by atoms with Crippen molar-refractivity contribution < 1.29 is 28.7 Å². The molecule has 9 nitrogen and oxygen atoms in total. The Bertz CT molecular complexity index is 701. The lowest BCUT2D eigenvalue weighted by atomic mass is 10.1. The van der Waals surface area contributed by atoms with E-state index >= 15 is 0 Å². The number of carbonyl (C=O) groups is 2. The second-order valence-corrected chi connectivity index (χ2v) is 6.41. The van der Waals surface area contributed by atoms with Crippen molar-refractivity contribution in [3.05, 3.63) is 33.9 Å². The Morgan fingerprint density at radius 2 is 2.15 bits per heavy atom. The number of benzene rings is 1. The summed E-state index contributed by atoms with van der Waals surface area (Å²) >= 11 is 0. The summed E-state index contributed by atoms with van der Waals surface area (Å²) in [6.45, 7) is 2.73. The number of methoxy groups -OCH3 is 2. The fraction of sp³-hybridized carbons (Fsp3) is 0.556. The summed E-state index contributed by atoms with van der Waals surface area (Å²) in [7, 11) is 2.61. The molecule has 1 aliphatic rings. The maximum absolute atomic E-state index is 13.0. The molecule has 0 bridgehead atoms. The summed E-state index contributed by atoms with van der Waals surface area (Å²) in [5, 5.41) is 11.2. The van der Waals surface area contributed by atoms with Crippen LogP contribution in [0.15, 0.2) is 18.2 Å². The van der Waals surface area contributed by atoms with Gasteiger partial charge in [0.1, 0.15) is 0 Å². The third-order valence-corrected chi connectivity index (χ3v) is 4.46. The van der Waals surface area contributed by atoms with Crippen molar-refractivity contribution in [3.8, 4) is 5.75 Å². The third kappa shape index (κ3) is 5.16. The van der Waals surface area contributed by atoms with E-state index in [1.807, 2.05) is 0 Å². The first-order chi connectivity index (χ1) is 12.9. The van der Waals surface area contributed by atoms with Gasteiger partial charge in [0.25, 0.3) is 5.91 Å². The van der Waals surface area contributed by atoms with Crippen molar-refractivity contribution in [3.63, 3.8) is 0 Å². The predicted octanol–water partition coefficient (Wildman–Crippen LogP) is 2.03. The molecule has 0 aliphatic carbocycles. The summed E-state index contributed by atoms with van der Waals surface area (Å²) in [6, 6.07) is 4.05. The van der Waals surface area contributed by atoms with E-state index in [9.17, 15) is 19.7 Å². The molecule has 9 heteroatoms. The average Bonchev–Trinajstić information content (AvgIpc) is 3.18. The number of amides is 1. The first-order valence-corrected chi connectivity index (χ1v) is 8.68. The van der Waals surface area contributed by atoms with Gasteiger partial charge in [-0.05, 0) is 25.0 Å². The van der Waals surface area contributed by atoms with Crippen LogP contribution in [0.4, 0.5) is 5.69 Å². The zero-order valence-corrected chi connectivity index (χ0v) is 15.7. The molecule has 148 valence electrons. The number of rotatable bonds is 8. The van der Waals surface area contributed by atoms with Gasteiger partial charge < -0.3 is 19.1 Å². The Labute approximate surface area is 157 Å². The number of hydrogen-bond acceptors (Lipinski definition) is 7. The van der Waals surface area contributed by atoms with E-state index in [-0.39, 0.29) is 29.6 Å². The van der Waals surface area contributed by atoms with Crippen LogP contribution >= 0.6 is 0 Å². The second kappa shape index (κ2) is 9.31. The van der Waals surface area contributed by atoms with Crippen LogP contribution in [0.1, 0.15) is 30.1 Å². The van der Waals surface area contributed by atoms with Crippen molar-refractivity contribution in [1.29, 1.82) is 0 Å². The normalized spacial score (nSPS) is 17.2. The summed E-state index contributed by atoms with van der Waals surface area (Å²) in [5.74, 6) is -1.30. The molecule has 27 heavy (non-hydrogen) atoms. The molecule has 2 atom stereocenters. The molecule has 1 aromatic carbocycles. The minimum absolute atomic E-state index is 0.0742. The molecule has 0 spiro atoms. The van der Waals surface area contributed by atoms with Crippen LogP contribution in [0.5, 0.6) is 5.75 Å². The molecule has 1 aliphatic heterocycles. The Balaban J connectivity index is 2.27. The zero-order valence-electron chi connectivity index (χ0n) is 15.7. The highest BCUT2D eigenvalue weighted by Crippen LogP contribution is 2.28. The molecule has 0 aromatic heterocycles. The first-order valence-electron chi connectivity index (χ1n) is 8.68. The quantitative estimate of drug-likeness (QED) is 0.386. The fourth-order valence-electron chi connectivity index (χ4n) is 3.03. The van der Waals surface area contributed by atoms with Crippen LogP contribution in [0.25, 0.3) is 0 Å². The highest BCUT2D eigenvalue weighted by atomic mass is 16.6. The molecule has 0 N–H and O–H groups in total. The highest BCUT2D eigenvalue weighted by Gasteiger charge is 2.28. The summed E-state index contributed by atoms with van der Waals surface area (Å²) in [4.78, 5) is 36.9. The Morgan fingerprint density at radius 1 is 1.41 bits per heavy atom. The van der Waals surface area contributed by atoms with Crippen molar-refractivity contribution in [2.75, 3.05) is 33.9 Å². The second-order valence-electron chi connectivity index (χ2n) is 6.41. The molecular formula is C18H24N2O7. The minimum atomic E-state index is -0.600. The average molecular weight is 380 g/mol. The molecular weight excluding hydrogens is 356 g/mol. The first kappa shape index (κ1) is 20.6. The predicted molar refractivity (Wildman–Crippen MR) is 95.7 cm³/mol. The molecule has 1 fully saturated rings. The van der Waals surface area contributed by atoms with E-state index in [1.54, 1.807) is 6.92 Å². The number of esters is 1. The zero-order chi connectivity index (χ0) is 20.0. The van der Waals surface area contributed by atoms with Crippen molar-refractivity contribution in [1.82, 2.24) is 4.90 Å². The van der Waals surface area contributed by atoms with E-state index in [0.29, 0.717) is 13.2 Å². The standard InChI is InChI=1S/C18H24N2O7/c1-12(18(22)26-3)10-19(11-14-5-4-8-27-14)17(21)13-6-7-16(25-2)15(9-13)20(23)24/h6-7,9,12,14H,4-5,8,10-11H2,1-3H3. The van der Waals surface area contributed by atoms with E-state index in [2.05, 4.69) is 0 Å². The van der Waals surface area contributed by atoms with Crippen LogP contribution in [-0.2, 0) is 14.3 Å². The maximum atomic E-state index is 13.0. The topological polar surface area (TPSA) is 108 Å². The number of nitro groups is 1. The molecule has 2 unspecified atom stereocenters. The van der Waals surface area contributed by atoms with Gasteiger partial charge in [-0.2, -0.15) is 0 Å². The van der Waals surface area contributed by atoms with Crippen molar-refractivity contribution in [2.24, 2.45) is 5.92 Å². The van der Waals surface area contributed by atoms with Crippen LogP contribution in [0.3, 0.4) is 0 Å². The Kier molecular flexibility index (Phi) is 7.12. The number of ether oxygens (including phenoxy) is 3. The highest BCUT2D eigenvalue weighted by molar-refractivity contribution is 5.95. The van der Waals surface area contributed by atoms with E-state index in [4.69, 9.17) is 14.2 Å². The van der Waals surface area contributed by atoms with Crippen molar-refractivity contribution in [2.45, 2.75) is 25.9 Å². The third-order valence-electron chi connectivity index (χ3n) is 4.46. The smallest absolute Gasteiger partial charge is 0.311 e. The number of nitro benzene ring substituents is 1. The lowest BCUT2D eigenvalue weighted by Gasteiger charge is -2.27. The number of carbonyl (C=O) groups excluding carboxylic acids is 2. The van der Waals surface area contributed by atoms with E-state index in [1.165, 1.54) is 37.3 Å². The number of nitrogens with zero attached hydrogens (tertiary/aromatic N) is 2. The van der Waals surface area contributed by atoms with Gasteiger partial charge in [-0.3, -0.25) is 19.7 Å². The summed E-state index contributed by atoms with van der Waals surface area (Å²) < 4.78 is 15.3. The monoisotopic (exact) mass is 380 g/mol. The molecule has 1 aromatic rings. The van der Waals surface area contributed by atoms with Crippen LogP contribution in [-0.4, -0.2) is 61.7 Å². The van der Waals surface area contributed by atoms with E-state index < -0.39 is 22.7 Å². The van der Waals surface area contributed by atoms with Gasteiger partial charge >= 0.3 is 11.7 Å². The SMILES string of the molecule is COC(=O)C(C)CN(CC1CCCO1)C(=O)c1ccc(OC)c([N+](=O)[O-])c1. The molecule has 2 rings (SSSR count). The molecule has 1 amide bonds. The molecule has 0 saturated carbocycles. The van der Waals surface area contributed by atoms with Crippen LogP contribution in [0.2, 0.25) is 0 Å². The Hall–Kier alpha value is -2.68. The minimum Gasteiger partial charge on any atom is -0.490 e. The van der Waals surface area contributed by atoms with Gasteiger partial charge in [0, 0.05) is 31.3 Å². The largest absolute Gasteiger partial charge is 0.490 e. The van der Waals surface area contributed by atoms with Crippen molar-refractivity contribution >= 4 is 17.6 Å². The maximum Gasteiger partial charge on any atom is 0.311 e. The lowest BCUT2D eigenvalue weighted by Crippen LogP contribution is -2.41. The van der Waals surface area contributed by atoms with Gasteiger partial charge in [-0.15, -0.1) is 0 Å². The number of hydrogen-bond donors (Lipinski definition) is 0. The van der Waals surface area contributed by atoms with Gasteiger partial charge in [0.05, 0.1) is 31.2 Å². The summed E-state index contributed by atoms with van der Waals surface area (Å²) in [6.07, 6.45) is 1.61. The molecule has 0 radical (unpaired) electrons. The van der Waals surface area contributed by atoms with Gasteiger partial charge in [-0.1, -0.05) is 6.92 Å². The Morgan fingerprint density at radius 3 is 2.70 bits per heavy atom. The summed E-state index contributed by atoms with van der Waals surface area (Å²) in [5.41, 5.74) is -0.140.